The molecule has 0 radical (unpaired) electrons. The molecule has 94 valence electrons. The molecule has 0 amide bonds. The molecule has 0 saturated heterocycles. The molecule has 0 aliphatic carbocycles. The Morgan fingerprint density at radius 2 is 1.89 bits per heavy atom. The van der Waals surface area contributed by atoms with E-state index in [4.69, 9.17) is 28.9 Å². The third kappa shape index (κ3) is 3.60. The first-order valence-electron chi connectivity index (χ1n) is 5.51. The van der Waals surface area contributed by atoms with Gasteiger partial charge < -0.3 is 5.73 Å². The second-order valence-electron chi connectivity index (χ2n) is 4.10. The van der Waals surface area contributed by atoms with Crippen molar-refractivity contribution in [1.29, 1.82) is 0 Å². The van der Waals surface area contributed by atoms with E-state index < -0.39 is 0 Å². The van der Waals surface area contributed by atoms with Gasteiger partial charge in [-0.15, -0.1) is 0 Å². The molecule has 0 aliphatic rings. The van der Waals surface area contributed by atoms with Gasteiger partial charge in [-0.2, -0.15) is 0 Å². The van der Waals surface area contributed by atoms with Crippen molar-refractivity contribution in [2.75, 3.05) is 0 Å². The van der Waals surface area contributed by atoms with Crippen LogP contribution in [0.1, 0.15) is 17.2 Å². The highest BCUT2D eigenvalue weighted by molar-refractivity contribution is 14.1. The zero-order chi connectivity index (χ0) is 13.1. The number of nitrogens with two attached hydrogens (primary N) is 1. The molecule has 0 aromatic heterocycles. The van der Waals surface area contributed by atoms with Gasteiger partial charge in [-0.25, -0.2) is 0 Å². The average molecular weight is 392 g/mol. The summed E-state index contributed by atoms with van der Waals surface area (Å²) in [4.78, 5) is 0. The molecule has 0 spiro atoms. The van der Waals surface area contributed by atoms with Crippen LogP contribution in [0.3, 0.4) is 0 Å². The number of hydrogen-bond acceptors (Lipinski definition) is 1. The van der Waals surface area contributed by atoms with Gasteiger partial charge in [0.2, 0.25) is 0 Å². The van der Waals surface area contributed by atoms with E-state index in [0.717, 1.165) is 11.1 Å². The predicted molar refractivity (Wildman–Crippen MR) is 86.3 cm³/mol. The molecular formula is C14H12Cl2IN. The third-order valence-corrected chi connectivity index (χ3v) is 4.00. The molecule has 2 rings (SSSR count). The summed E-state index contributed by atoms with van der Waals surface area (Å²) >= 11 is 14.4. The lowest BCUT2D eigenvalue weighted by Gasteiger charge is -2.14. The van der Waals surface area contributed by atoms with E-state index in [0.29, 0.717) is 16.5 Å². The maximum Gasteiger partial charge on any atom is 0.0439 e. The first-order chi connectivity index (χ1) is 8.56. The number of benzene rings is 2. The van der Waals surface area contributed by atoms with Gasteiger partial charge in [-0.3, -0.25) is 0 Å². The van der Waals surface area contributed by atoms with Gasteiger partial charge >= 0.3 is 0 Å². The Morgan fingerprint density at radius 1 is 1.11 bits per heavy atom. The van der Waals surface area contributed by atoms with Crippen molar-refractivity contribution in [2.45, 2.75) is 12.5 Å². The predicted octanol–water partition coefficient (Wildman–Crippen LogP) is 4.84. The molecule has 1 nitrogen and oxygen atoms in total. The van der Waals surface area contributed by atoms with Crippen molar-refractivity contribution in [3.05, 3.63) is 67.2 Å². The van der Waals surface area contributed by atoms with Crippen molar-refractivity contribution >= 4 is 45.8 Å². The van der Waals surface area contributed by atoms with Crippen LogP contribution in [0, 0.1) is 3.57 Å². The lowest BCUT2D eigenvalue weighted by molar-refractivity contribution is 0.721. The number of halogens is 3. The number of rotatable bonds is 3. The molecule has 1 atom stereocenters. The summed E-state index contributed by atoms with van der Waals surface area (Å²) in [5.74, 6) is 0. The Hall–Kier alpha value is -0.290. The third-order valence-electron chi connectivity index (χ3n) is 2.72. The molecule has 2 N–H and O–H groups in total. The van der Waals surface area contributed by atoms with E-state index in [1.165, 1.54) is 3.57 Å². The Labute approximate surface area is 130 Å². The highest BCUT2D eigenvalue weighted by atomic mass is 127. The van der Waals surface area contributed by atoms with Gasteiger partial charge in [0, 0.05) is 19.7 Å². The van der Waals surface area contributed by atoms with E-state index in [2.05, 4.69) is 28.7 Å². The lowest BCUT2D eigenvalue weighted by atomic mass is 10.00. The minimum Gasteiger partial charge on any atom is -0.324 e. The summed E-state index contributed by atoms with van der Waals surface area (Å²) < 4.78 is 1.18. The van der Waals surface area contributed by atoms with E-state index in [9.17, 15) is 0 Å². The fourth-order valence-corrected chi connectivity index (χ4v) is 2.75. The molecule has 0 bridgehead atoms. The van der Waals surface area contributed by atoms with Crippen LogP contribution in [0.25, 0.3) is 0 Å². The van der Waals surface area contributed by atoms with E-state index in [1.54, 1.807) is 12.1 Å². The van der Waals surface area contributed by atoms with Gasteiger partial charge in [0.15, 0.2) is 0 Å². The minimum atomic E-state index is -0.0734. The van der Waals surface area contributed by atoms with Gasteiger partial charge in [-0.05, 0) is 70.5 Å². The van der Waals surface area contributed by atoms with Gasteiger partial charge in [-0.1, -0.05) is 35.3 Å². The highest BCUT2D eigenvalue weighted by Crippen LogP contribution is 2.25. The summed E-state index contributed by atoms with van der Waals surface area (Å²) in [5.41, 5.74) is 8.30. The fraction of sp³-hybridized carbons (Fsp3) is 0.143. The molecule has 0 fully saturated rings. The standard InChI is InChI=1S/C14H12Cl2IN/c15-11-4-5-13(16)10(6-11)8-14(18)9-2-1-3-12(17)7-9/h1-7,14H,8,18H2. The van der Waals surface area contributed by atoms with Gasteiger partial charge in [0.25, 0.3) is 0 Å². The van der Waals surface area contributed by atoms with Crippen molar-refractivity contribution in [2.24, 2.45) is 5.73 Å². The van der Waals surface area contributed by atoms with Crippen LogP contribution in [0.5, 0.6) is 0 Å². The van der Waals surface area contributed by atoms with Gasteiger partial charge in [0.1, 0.15) is 0 Å². The summed E-state index contributed by atoms with van der Waals surface area (Å²) in [6.45, 7) is 0. The first kappa shape index (κ1) is 14.1. The van der Waals surface area contributed by atoms with Crippen LogP contribution in [0.2, 0.25) is 10.0 Å². The highest BCUT2D eigenvalue weighted by Gasteiger charge is 2.10. The Balaban J connectivity index is 2.21. The normalized spacial score (nSPS) is 12.4. The van der Waals surface area contributed by atoms with Crippen LogP contribution in [-0.4, -0.2) is 0 Å². The quantitative estimate of drug-likeness (QED) is 0.744. The van der Waals surface area contributed by atoms with Crippen molar-refractivity contribution in [3.8, 4) is 0 Å². The summed E-state index contributed by atoms with van der Waals surface area (Å²) in [6.07, 6.45) is 0.680. The van der Waals surface area contributed by atoms with Crippen LogP contribution in [0.15, 0.2) is 42.5 Å². The Bertz CT molecular complexity index is 557. The molecule has 0 aliphatic heterocycles. The van der Waals surface area contributed by atoms with Crippen molar-refractivity contribution < 1.29 is 0 Å². The zero-order valence-corrected chi connectivity index (χ0v) is 13.2. The molecule has 4 heteroatoms. The molecule has 2 aromatic rings. The minimum absolute atomic E-state index is 0.0734. The van der Waals surface area contributed by atoms with Crippen molar-refractivity contribution in [1.82, 2.24) is 0 Å². The van der Waals surface area contributed by atoms with E-state index in [1.807, 2.05) is 24.3 Å². The molecule has 1 unspecified atom stereocenters. The molecule has 0 heterocycles. The topological polar surface area (TPSA) is 26.0 Å². The van der Waals surface area contributed by atoms with Crippen LogP contribution in [0.4, 0.5) is 0 Å². The van der Waals surface area contributed by atoms with E-state index >= 15 is 0 Å². The fourth-order valence-electron chi connectivity index (χ4n) is 1.79. The average Bonchev–Trinajstić information content (AvgIpc) is 2.34. The maximum atomic E-state index is 6.21. The number of hydrogen-bond donors (Lipinski definition) is 1. The van der Waals surface area contributed by atoms with Crippen LogP contribution in [-0.2, 0) is 6.42 Å². The summed E-state index contributed by atoms with van der Waals surface area (Å²) in [6, 6.07) is 13.6. The maximum absolute atomic E-state index is 6.21. The molecule has 2 aromatic carbocycles. The smallest absolute Gasteiger partial charge is 0.0439 e. The van der Waals surface area contributed by atoms with Crippen LogP contribution >= 0.6 is 45.8 Å². The summed E-state index contributed by atoms with van der Waals surface area (Å²) in [7, 11) is 0. The second kappa shape index (κ2) is 6.24. The summed E-state index contributed by atoms with van der Waals surface area (Å²) in [5, 5.41) is 1.39. The lowest BCUT2D eigenvalue weighted by Crippen LogP contribution is -2.13. The Morgan fingerprint density at radius 3 is 2.61 bits per heavy atom. The first-order valence-corrected chi connectivity index (χ1v) is 7.34. The molecule has 18 heavy (non-hydrogen) atoms. The molecular weight excluding hydrogens is 380 g/mol. The zero-order valence-electron chi connectivity index (χ0n) is 9.54. The van der Waals surface area contributed by atoms with E-state index in [-0.39, 0.29) is 6.04 Å². The largest absolute Gasteiger partial charge is 0.324 e. The Kier molecular flexibility index (Phi) is 4.90. The molecule has 0 saturated carbocycles. The van der Waals surface area contributed by atoms with Crippen molar-refractivity contribution in [3.63, 3.8) is 0 Å². The van der Waals surface area contributed by atoms with Gasteiger partial charge in [0.05, 0.1) is 0 Å². The van der Waals surface area contributed by atoms with Crippen LogP contribution < -0.4 is 5.73 Å². The SMILES string of the molecule is NC(Cc1cc(Cl)ccc1Cl)c1cccc(I)c1. The second-order valence-corrected chi connectivity index (χ2v) is 6.19. The monoisotopic (exact) mass is 391 g/mol.